The highest BCUT2D eigenvalue weighted by Gasteiger charge is 2.25. The van der Waals surface area contributed by atoms with Crippen molar-refractivity contribution in [3.05, 3.63) is 35.4 Å². The molecule has 0 radical (unpaired) electrons. The lowest BCUT2D eigenvalue weighted by molar-refractivity contribution is -0.138. The zero-order valence-electron chi connectivity index (χ0n) is 13.7. The van der Waals surface area contributed by atoms with Gasteiger partial charge in [-0.2, -0.15) is 0 Å². The quantitative estimate of drug-likeness (QED) is 0.828. The normalized spacial score (nSPS) is 22.1. The second-order valence-electron chi connectivity index (χ2n) is 6.48. The third-order valence-corrected chi connectivity index (χ3v) is 4.82. The summed E-state index contributed by atoms with van der Waals surface area (Å²) in [6, 6.07) is 4.06. The van der Waals surface area contributed by atoms with Crippen molar-refractivity contribution >= 4 is 5.91 Å². The van der Waals surface area contributed by atoms with Gasteiger partial charge in [0.1, 0.15) is 6.61 Å². The molecule has 6 heteroatoms. The Kier molecular flexibility index (Phi) is 5.79. The van der Waals surface area contributed by atoms with Crippen molar-refractivity contribution in [2.24, 2.45) is 0 Å². The topological polar surface area (TPSA) is 38.8 Å². The number of benzene rings is 1. The Morgan fingerprint density at radius 2 is 2.00 bits per heavy atom. The summed E-state index contributed by atoms with van der Waals surface area (Å²) in [6.45, 7) is 2.56. The van der Waals surface area contributed by atoms with Crippen LogP contribution in [0, 0.1) is 11.6 Å². The fraction of sp³-hybridized carbons (Fsp3) is 0.611. The van der Waals surface area contributed by atoms with Gasteiger partial charge in [0.05, 0.1) is 12.7 Å². The number of carbonyl (C=O) groups excluding carboxylic acids is 1. The lowest BCUT2D eigenvalue weighted by atomic mass is 9.89. The number of ether oxygens (including phenoxy) is 2. The van der Waals surface area contributed by atoms with E-state index in [0.717, 1.165) is 37.9 Å². The molecule has 0 N–H and O–H groups in total. The Labute approximate surface area is 140 Å². The first-order chi connectivity index (χ1) is 11.6. The fourth-order valence-corrected chi connectivity index (χ4v) is 3.37. The number of amides is 1. The summed E-state index contributed by atoms with van der Waals surface area (Å²) < 4.78 is 37.3. The lowest BCUT2D eigenvalue weighted by Crippen LogP contribution is -2.40. The maximum Gasteiger partial charge on any atom is 0.248 e. The second-order valence-corrected chi connectivity index (χ2v) is 6.48. The van der Waals surface area contributed by atoms with Crippen molar-refractivity contribution in [1.29, 1.82) is 0 Å². The van der Waals surface area contributed by atoms with E-state index in [2.05, 4.69) is 0 Å². The van der Waals surface area contributed by atoms with E-state index in [1.807, 2.05) is 0 Å². The van der Waals surface area contributed by atoms with Gasteiger partial charge in [0, 0.05) is 19.7 Å². The average Bonchev–Trinajstić information content (AvgIpc) is 3.11. The van der Waals surface area contributed by atoms with Gasteiger partial charge in [0.15, 0.2) is 11.6 Å². The number of hydrogen-bond donors (Lipinski definition) is 0. The van der Waals surface area contributed by atoms with E-state index in [9.17, 15) is 13.6 Å². The molecule has 1 aromatic carbocycles. The van der Waals surface area contributed by atoms with Gasteiger partial charge in [-0.25, -0.2) is 8.78 Å². The highest BCUT2D eigenvalue weighted by molar-refractivity contribution is 5.77. The summed E-state index contributed by atoms with van der Waals surface area (Å²) in [7, 11) is 0. The van der Waals surface area contributed by atoms with Gasteiger partial charge in [0.25, 0.3) is 0 Å². The summed E-state index contributed by atoms with van der Waals surface area (Å²) in [5.74, 6) is -1.49. The van der Waals surface area contributed by atoms with Crippen molar-refractivity contribution < 1.29 is 23.0 Å². The van der Waals surface area contributed by atoms with Crippen LogP contribution in [0.2, 0.25) is 0 Å². The molecular weight excluding hydrogens is 316 g/mol. The number of likely N-dealkylation sites (tertiary alicyclic amines) is 1. The minimum atomic E-state index is -0.824. The molecule has 2 heterocycles. The summed E-state index contributed by atoms with van der Waals surface area (Å²) in [4.78, 5) is 13.9. The Bertz CT molecular complexity index is 567. The smallest absolute Gasteiger partial charge is 0.248 e. The molecule has 1 amide bonds. The number of halogens is 2. The first kappa shape index (κ1) is 17.3. The maximum absolute atomic E-state index is 13.3. The number of hydrogen-bond acceptors (Lipinski definition) is 3. The van der Waals surface area contributed by atoms with E-state index in [-0.39, 0.29) is 24.5 Å². The van der Waals surface area contributed by atoms with Crippen LogP contribution in [0.25, 0.3) is 0 Å². The van der Waals surface area contributed by atoms with Gasteiger partial charge in [-0.05, 0) is 49.3 Å². The highest BCUT2D eigenvalue weighted by Crippen LogP contribution is 2.29. The Morgan fingerprint density at radius 3 is 2.67 bits per heavy atom. The highest BCUT2D eigenvalue weighted by atomic mass is 19.2. The van der Waals surface area contributed by atoms with Crippen LogP contribution in [0.3, 0.4) is 0 Å². The Balaban J connectivity index is 1.42. The molecule has 2 saturated heterocycles. The summed E-state index contributed by atoms with van der Waals surface area (Å²) in [5.41, 5.74) is 0.802. The number of rotatable bonds is 5. The number of carbonyl (C=O) groups is 1. The van der Waals surface area contributed by atoms with Gasteiger partial charge in [-0.1, -0.05) is 6.07 Å². The third kappa shape index (κ3) is 4.30. The zero-order valence-corrected chi connectivity index (χ0v) is 13.7. The van der Waals surface area contributed by atoms with Gasteiger partial charge in [-0.3, -0.25) is 4.79 Å². The van der Waals surface area contributed by atoms with Gasteiger partial charge in [0.2, 0.25) is 5.91 Å². The molecule has 2 aliphatic rings. The number of piperidine rings is 1. The third-order valence-electron chi connectivity index (χ3n) is 4.82. The molecule has 0 bridgehead atoms. The van der Waals surface area contributed by atoms with E-state index < -0.39 is 11.6 Å². The van der Waals surface area contributed by atoms with Crippen molar-refractivity contribution in [3.63, 3.8) is 0 Å². The van der Waals surface area contributed by atoms with Crippen molar-refractivity contribution in [2.45, 2.75) is 37.7 Å². The van der Waals surface area contributed by atoms with Crippen molar-refractivity contribution in [1.82, 2.24) is 4.90 Å². The predicted octanol–water partition coefficient (Wildman–Crippen LogP) is 2.87. The Hall–Kier alpha value is -1.53. The summed E-state index contributed by atoms with van der Waals surface area (Å²) in [5, 5.41) is 0. The lowest BCUT2D eigenvalue weighted by Gasteiger charge is -2.32. The van der Waals surface area contributed by atoms with Crippen LogP contribution in [-0.4, -0.2) is 49.8 Å². The van der Waals surface area contributed by atoms with E-state index in [4.69, 9.17) is 9.47 Å². The first-order valence-corrected chi connectivity index (χ1v) is 8.55. The molecule has 1 atom stereocenters. The molecule has 24 heavy (non-hydrogen) atoms. The molecule has 2 fully saturated rings. The monoisotopic (exact) mass is 339 g/mol. The SMILES string of the molecule is O=C(COC[C@@H]1CCCO1)N1CCC(c2ccc(F)c(F)c2)CC1. The van der Waals surface area contributed by atoms with Crippen molar-refractivity contribution in [2.75, 3.05) is 32.9 Å². The minimum absolute atomic E-state index is 0.0169. The number of nitrogens with zero attached hydrogens (tertiary/aromatic N) is 1. The van der Waals surface area contributed by atoms with E-state index in [1.165, 1.54) is 12.1 Å². The van der Waals surface area contributed by atoms with Gasteiger partial charge in [-0.15, -0.1) is 0 Å². The molecule has 0 spiro atoms. The van der Waals surface area contributed by atoms with Crippen LogP contribution in [0.5, 0.6) is 0 Å². The molecule has 0 saturated carbocycles. The maximum atomic E-state index is 13.3. The zero-order chi connectivity index (χ0) is 16.9. The molecule has 1 aromatic rings. The van der Waals surface area contributed by atoms with Crippen LogP contribution in [0.1, 0.15) is 37.2 Å². The van der Waals surface area contributed by atoms with E-state index in [1.54, 1.807) is 11.0 Å². The van der Waals surface area contributed by atoms with Crippen LogP contribution in [-0.2, 0) is 14.3 Å². The predicted molar refractivity (Wildman–Crippen MR) is 84.7 cm³/mol. The molecule has 0 unspecified atom stereocenters. The average molecular weight is 339 g/mol. The van der Waals surface area contributed by atoms with Gasteiger partial charge < -0.3 is 14.4 Å². The summed E-state index contributed by atoms with van der Waals surface area (Å²) >= 11 is 0. The molecular formula is C18H23F2NO3. The van der Waals surface area contributed by atoms with Crippen LogP contribution in [0.15, 0.2) is 18.2 Å². The van der Waals surface area contributed by atoms with Crippen LogP contribution >= 0.6 is 0 Å². The standard InChI is InChI=1S/C18H23F2NO3/c19-16-4-3-14(10-17(16)20)13-5-7-21(8-6-13)18(22)12-23-11-15-2-1-9-24-15/h3-4,10,13,15H,1-2,5-9,11-12H2/t15-/m0/s1. The van der Waals surface area contributed by atoms with Crippen molar-refractivity contribution in [3.8, 4) is 0 Å². The molecule has 0 aliphatic carbocycles. The van der Waals surface area contributed by atoms with Crippen LogP contribution < -0.4 is 0 Å². The van der Waals surface area contributed by atoms with E-state index >= 15 is 0 Å². The second kappa shape index (κ2) is 8.03. The molecule has 0 aromatic heterocycles. The summed E-state index contributed by atoms with van der Waals surface area (Å²) in [6.07, 6.45) is 3.68. The van der Waals surface area contributed by atoms with Crippen LogP contribution in [0.4, 0.5) is 8.78 Å². The molecule has 3 rings (SSSR count). The largest absolute Gasteiger partial charge is 0.376 e. The molecule has 4 nitrogen and oxygen atoms in total. The Morgan fingerprint density at radius 1 is 1.21 bits per heavy atom. The fourth-order valence-electron chi connectivity index (χ4n) is 3.37. The molecule has 132 valence electrons. The van der Waals surface area contributed by atoms with Gasteiger partial charge >= 0.3 is 0 Å². The van der Waals surface area contributed by atoms with E-state index in [0.29, 0.717) is 19.7 Å². The molecule has 2 aliphatic heterocycles. The minimum Gasteiger partial charge on any atom is -0.376 e. The first-order valence-electron chi connectivity index (χ1n) is 8.55.